The van der Waals surface area contributed by atoms with Gasteiger partial charge in [0, 0.05) is 0 Å². The van der Waals surface area contributed by atoms with Crippen LogP contribution in [0.4, 0.5) is 0 Å². The van der Waals surface area contributed by atoms with E-state index in [-0.39, 0.29) is 11.8 Å². The smallest absolute Gasteiger partial charge is 0.328 e. The van der Waals surface area contributed by atoms with Crippen LogP contribution in [0, 0.1) is 12.8 Å². The van der Waals surface area contributed by atoms with Crippen LogP contribution in [0.1, 0.15) is 39.2 Å². The van der Waals surface area contributed by atoms with Gasteiger partial charge >= 0.3 is 5.97 Å². The molecule has 0 aliphatic rings. The summed E-state index contributed by atoms with van der Waals surface area (Å²) < 4.78 is 11.3. The second-order valence-electron chi connectivity index (χ2n) is 5.78. The van der Waals surface area contributed by atoms with Crippen LogP contribution in [0.25, 0.3) is 0 Å². The Balaban J connectivity index is 2.80. The minimum absolute atomic E-state index is 0.0275. The number of hydrogen-bond acceptors (Lipinski definition) is 4. The van der Waals surface area contributed by atoms with Crippen molar-refractivity contribution in [1.82, 2.24) is 5.32 Å². The van der Waals surface area contributed by atoms with Crippen LogP contribution in [-0.2, 0) is 14.3 Å². The van der Waals surface area contributed by atoms with Crippen molar-refractivity contribution in [2.45, 2.75) is 52.7 Å². The van der Waals surface area contributed by atoms with Crippen LogP contribution in [0.5, 0.6) is 5.75 Å². The van der Waals surface area contributed by atoms with Crippen molar-refractivity contribution in [2.24, 2.45) is 5.92 Å². The molecule has 134 valence electrons. The fourth-order valence-electron chi connectivity index (χ4n) is 2.47. The first-order chi connectivity index (χ1) is 11.3. The normalized spacial score (nSPS) is 13.3. The molecule has 1 N–H and O–H groups in total. The van der Waals surface area contributed by atoms with E-state index in [9.17, 15) is 9.59 Å². The van der Waals surface area contributed by atoms with Crippen molar-refractivity contribution < 1.29 is 19.1 Å². The molecule has 0 unspecified atom stereocenters. The molecule has 1 rings (SSSR count). The van der Waals surface area contributed by atoms with Crippen molar-refractivity contribution in [2.75, 3.05) is 7.11 Å². The number of aryl methyl sites for hydroxylation is 1. The van der Waals surface area contributed by atoms with Crippen molar-refractivity contribution in [3.05, 3.63) is 28.2 Å². The number of esters is 1. The molecule has 0 radical (unpaired) electrons. The lowest BCUT2D eigenvalue weighted by atomic mass is 9.94. The summed E-state index contributed by atoms with van der Waals surface area (Å²) in [7, 11) is 1.33. The van der Waals surface area contributed by atoms with Crippen LogP contribution >= 0.6 is 15.9 Å². The van der Waals surface area contributed by atoms with E-state index in [1.807, 2.05) is 39.0 Å². The number of halogens is 1. The number of methoxy groups -OCH3 is 1. The molecule has 0 bridgehead atoms. The molecule has 5 nitrogen and oxygen atoms in total. The number of ether oxygens (including phenoxy) is 2. The summed E-state index contributed by atoms with van der Waals surface area (Å²) in [6, 6.07) is 4.97. The summed E-state index contributed by atoms with van der Waals surface area (Å²) in [5, 5.41) is 2.77. The second-order valence-corrected chi connectivity index (χ2v) is 6.63. The summed E-state index contributed by atoms with van der Waals surface area (Å²) in [5.41, 5.74) is 1.09. The van der Waals surface area contributed by atoms with Gasteiger partial charge in [0.15, 0.2) is 6.10 Å². The molecule has 0 aliphatic heterocycles. The molecule has 0 saturated heterocycles. The first-order valence-corrected chi connectivity index (χ1v) is 8.94. The third kappa shape index (κ3) is 5.51. The zero-order valence-corrected chi connectivity index (χ0v) is 16.5. The number of nitrogens with one attached hydrogen (secondary N) is 1. The van der Waals surface area contributed by atoms with E-state index in [0.29, 0.717) is 5.75 Å². The van der Waals surface area contributed by atoms with Gasteiger partial charge in [0.2, 0.25) is 0 Å². The second kappa shape index (κ2) is 9.67. The average Bonchev–Trinajstić information content (AvgIpc) is 2.56. The summed E-state index contributed by atoms with van der Waals surface area (Å²) in [5.74, 6) is -0.161. The number of carbonyl (C=O) groups is 2. The highest BCUT2D eigenvalue weighted by Crippen LogP contribution is 2.26. The van der Waals surface area contributed by atoms with Crippen molar-refractivity contribution in [1.29, 1.82) is 0 Å². The average molecular weight is 400 g/mol. The fraction of sp³-hybridized carbons (Fsp3) is 0.556. The predicted molar refractivity (Wildman–Crippen MR) is 97.0 cm³/mol. The summed E-state index contributed by atoms with van der Waals surface area (Å²) in [6.45, 7) is 7.60. The molecule has 0 heterocycles. The van der Waals surface area contributed by atoms with Crippen LogP contribution < -0.4 is 10.1 Å². The van der Waals surface area contributed by atoms with Gasteiger partial charge in [-0.1, -0.05) is 32.8 Å². The highest BCUT2D eigenvalue weighted by Gasteiger charge is 2.30. The van der Waals surface area contributed by atoms with Gasteiger partial charge < -0.3 is 14.8 Å². The zero-order valence-electron chi connectivity index (χ0n) is 14.9. The Bertz CT molecular complexity index is 572. The molecule has 0 spiro atoms. The number of rotatable bonds is 8. The highest BCUT2D eigenvalue weighted by molar-refractivity contribution is 9.10. The van der Waals surface area contributed by atoms with Gasteiger partial charge in [-0.3, -0.25) is 4.79 Å². The Morgan fingerprint density at radius 1 is 1.25 bits per heavy atom. The quantitative estimate of drug-likeness (QED) is 0.677. The van der Waals surface area contributed by atoms with Gasteiger partial charge in [0.1, 0.15) is 11.8 Å². The third-order valence-corrected chi connectivity index (χ3v) is 4.65. The maximum Gasteiger partial charge on any atom is 0.328 e. The molecule has 1 aromatic rings. The minimum atomic E-state index is -0.731. The highest BCUT2D eigenvalue weighted by atomic mass is 79.9. The van der Waals surface area contributed by atoms with E-state index in [2.05, 4.69) is 21.2 Å². The summed E-state index contributed by atoms with van der Waals surface area (Å²) in [6.07, 6.45) is 0.815. The van der Waals surface area contributed by atoms with Crippen LogP contribution in [0.2, 0.25) is 0 Å². The lowest BCUT2D eigenvalue weighted by Crippen LogP contribution is -2.50. The number of hydrogen-bond donors (Lipinski definition) is 1. The molecule has 1 aromatic carbocycles. The SMILES string of the molecule is CCC(CC)[C@H](NC(=O)[C@H](C)Oc1ccc(C)cc1Br)C(=O)OC. The van der Waals surface area contributed by atoms with E-state index in [4.69, 9.17) is 9.47 Å². The van der Waals surface area contributed by atoms with Crippen LogP contribution in [-0.4, -0.2) is 31.1 Å². The van der Waals surface area contributed by atoms with Crippen LogP contribution in [0.15, 0.2) is 22.7 Å². The Labute approximate surface area is 152 Å². The van der Waals surface area contributed by atoms with Crippen LogP contribution in [0.3, 0.4) is 0 Å². The Morgan fingerprint density at radius 3 is 2.38 bits per heavy atom. The van der Waals surface area contributed by atoms with Crippen molar-refractivity contribution in [3.63, 3.8) is 0 Å². The number of amides is 1. The zero-order chi connectivity index (χ0) is 18.3. The maximum atomic E-state index is 12.4. The van der Waals surface area contributed by atoms with Gasteiger partial charge in [0.05, 0.1) is 11.6 Å². The molecular formula is C18H26BrNO4. The molecule has 0 aromatic heterocycles. The fourth-order valence-corrected chi connectivity index (χ4v) is 3.06. The topological polar surface area (TPSA) is 64.6 Å². The Kier molecular flexibility index (Phi) is 8.25. The Morgan fingerprint density at radius 2 is 1.88 bits per heavy atom. The van der Waals surface area contributed by atoms with E-state index < -0.39 is 18.1 Å². The summed E-state index contributed by atoms with van der Waals surface area (Å²) in [4.78, 5) is 24.4. The lowest BCUT2D eigenvalue weighted by molar-refractivity contribution is -0.147. The van der Waals surface area contributed by atoms with E-state index in [0.717, 1.165) is 22.9 Å². The molecular weight excluding hydrogens is 374 g/mol. The predicted octanol–water partition coefficient (Wildman–Crippen LogP) is 3.62. The molecule has 0 fully saturated rings. The van der Waals surface area contributed by atoms with E-state index in [1.54, 1.807) is 6.92 Å². The largest absolute Gasteiger partial charge is 0.480 e. The molecule has 0 aliphatic carbocycles. The molecule has 6 heteroatoms. The lowest BCUT2D eigenvalue weighted by Gasteiger charge is -2.25. The molecule has 0 saturated carbocycles. The van der Waals surface area contributed by atoms with E-state index in [1.165, 1.54) is 7.11 Å². The van der Waals surface area contributed by atoms with Gasteiger partial charge in [0.25, 0.3) is 5.91 Å². The Hall–Kier alpha value is -1.56. The monoisotopic (exact) mass is 399 g/mol. The third-order valence-electron chi connectivity index (χ3n) is 4.03. The molecule has 24 heavy (non-hydrogen) atoms. The first kappa shape index (κ1) is 20.5. The van der Waals surface area contributed by atoms with Gasteiger partial charge in [-0.25, -0.2) is 4.79 Å². The van der Waals surface area contributed by atoms with Gasteiger partial charge in [-0.2, -0.15) is 0 Å². The standard InChI is InChI=1S/C18H26BrNO4/c1-6-13(7-2)16(18(22)23-5)20-17(21)12(4)24-15-9-8-11(3)10-14(15)19/h8-10,12-13,16H,6-7H2,1-5H3,(H,20,21)/t12-,16-/m0/s1. The van der Waals surface area contributed by atoms with E-state index >= 15 is 0 Å². The van der Waals surface area contributed by atoms with Gasteiger partial charge in [-0.15, -0.1) is 0 Å². The van der Waals surface area contributed by atoms with Crippen molar-refractivity contribution >= 4 is 27.8 Å². The first-order valence-electron chi connectivity index (χ1n) is 8.14. The van der Waals surface area contributed by atoms with Gasteiger partial charge in [-0.05, 0) is 53.4 Å². The maximum absolute atomic E-state index is 12.4. The van der Waals surface area contributed by atoms with Crippen molar-refractivity contribution in [3.8, 4) is 5.75 Å². The number of carbonyl (C=O) groups excluding carboxylic acids is 2. The minimum Gasteiger partial charge on any atom is -0.480 e. The molecule has 1 amide bonds. The molecule has 2 atom stereocenters. The number of benzene rings is 1. The summed E-state index contributed by atoms with van der Waals surface area (Å²) >= 11 is 3.42.